The van der Waals surface area contributed by atoms with Gasteiger partial charge in [0.1, 0.15) is 55.4 Å². The van der Waals surface area contributed by atoms with E-state index in [0.717, 1.165) is 38.5 Å². The molecule has 0 spiro atoms. The summed E-state index contributed by atoms with van der Waals surface area (Å²) in [5.41, 5.74) is 0. The maximum Gasteiger partial charge on any atom is 0.306 e. The van der Waals surface area contributed by atoms with E-state index in [-0.39, 0.29) is 26.1 Å². The van der Waals surface area contributed by atoms with Crippen molar-refractivity contribution in [3.8, 4) is 0 Å². The number of carbonyl (C=O) groups excluding carboxylic acids is 2. The van der Waals surface area contributed by atoms with E-state index in [1.807, 2.05) is 0 Å². The molecule has 11 atom stereocenters. The van der Waals surface area contributed by atoms with Gasteiger partial charge in [-0.05, 0) is 12.8 Å². The molecule has 2 heterocycles. The highest BCUT2D eigenvalue weighted by atomic mass is 16.7. The minimum atomic E-state index is -1.76. The van der Waals surface area contributed by atoms with Crippen molar-refractivity contribution >= 4 is 11.9 Å². The average molecular weight is 935 g/mol. The van der Waals surface area contributed by atoms with Gasteiger partial charge < -0.3 is 64.2 Å². The maximum absolute atomic E-state index is 13.0. The number of aliphatic hydroxyl groups is 7. The van der Waals surface area contributed by atoms with Crippen molar-refractivity contribution in [1.29, 1.82) is 0 Å². The molecule has 2 aliphatic rings. The number of rotatable bonds is 41. The molecule has 0 aromatic rings. The van der Waals surface area contributed by atoms with Crippen molar-refractivity contribution in [2.75, 3.05) is 26.4 Å². The third kappa shape index (κ3) is 26.7. The van der Waals surface area contributed by atoms with Gasteiger partial charge in [0.05, 0.1) is 19.8 Å². The molecule has 15 nitrogen and oxygen atoms in total. The van der Waals surface area contributed by atoms with Crippen LogP contribution in [0.5, 0.6) is 0 Å². The van der Waals surface area contributed by atoms with Gasteiger partial charge in [-0.25, -0.2) is 0 Å². The van der Waals surface area contributed by atoms with Crippen LogP contribution in [-0.2, 0) is 38.0 Å². The van der Waals surface area contributed by atoms with E-state index < -0.39 is 92.7 Å². The van der Waals surface area contributed by atoms with Crippen molar-refractivity contribution in [3.05, 3.63) is 0 Å². The normalized spacial score (nSPS) is 26.3. The molecule has 0 aromatic carbocycles. The van der Waals surface area contributed by atoms with E-state index in [9.17, 15) is 45.3 Å². The first-order valence-electron chi connectivity index (χ1n) is 26.1. The lowest BCUT2D eigenvalue weighted by molar-refractivity contribution is -0.332. The molecule has 2 saturated heterocycles. The smallest absolute Gasteiger partial charge is 0.306 e. The number of unbranched alkanes of at least 4 members (excludes halogenated alkanes) is 27. The van der Waals surface area contributed by atoms with Crippen LogP contribution in [0, 0.1) is 0 Å². The summed E-state index contributed by atoms with van der Waals surface area (Å²) in [4.78, 5) is 25.6. The van der Waals surface area contributed by atoms with Crippen molar-refractivity contribution in [1.82, 2.24) is 0 Å². The zero-order valence-electron chi connectivity index (χ0n) is 40.5. The monoisotopic (exact) mass is 935 g/mol. The van der Waals surface area contributed by atoms with Crippen LogP contribution in [0.15, 0.2) is 0 Å². The Balaban J connectivity index is 1.73. The van der Waals surface area contributed by atoms with E-state index in [2.05, 4.69) is 13.8 Å². The Morgan fingerprint density at radius 1 is 0.431 bits per heavy atom. The lowest BCUT2D eigenvalue weighted by Gasteiger charge is -2.42. The Morgan fingerprint density at radius 2 is 0.785 bits per heavy atom. The highest BCUT2D eigenvalue weighted by Gasteiger charge is 2.47. The summed E-state index contributed by atoms with van der Waals surface area (Å²) in [6.45, 7) is 2.58. The van der Waals surface area contributed by atoms with Crippen LogP contribution in [0.4, 0.5) is 0 Å². The highest BCUT2D eigenvalue weighted by Crippen LogP contribution is 2.27. The minimum Gasteiger partial charge on any atom is -0.462 e. The van der Waals surface area contributed by atoms with Gasteiger partial charge in [0.2, 0.25) is 0 Å². The molecule has 0 amide bonds. The van der Waals surface area contributed by atoms with E-state index in [1.54, 1.807) is 0 Å². The topological polar surface area (TPSA) is 231 Å². The van der Waals surface area contributed by atoms with Crippen molar-refractivity contribution in [2.24, 2.45) is 0 Å². The van der Waals surface area contributed by atoms with Crippen LogP contribution >= 0.6 is 0 Å². The number of hydrogen-bond acceptors (Lipinski definition) is 15. The molecule has 0 radical (unpaired) electrons. The number of hydrogen-bond donors (Lipinski definition) is 7. The lowest BCUT2D eigenvalue weighted by Crippen LogP contribution is -2.61. The zero-order valence-corrected chi connectivity index (χ0v) is 40.5. The third-order valence-corrected chi connectivity index (χ3v) is 12.8. The van der Waals surface area contributed by atoms with Crippen molar-refractivity contribution < 1.29 is 73.8 Å². The van der Waals surface area contributed by atoms with Gasteiger partial charge >= 0.3 is 11.9 Å². The molecule has 0 bridgehead atoms. The van der Waals surface area contributed by atoms with Crippen LogP contribution in [-0.4, -0.2) is 142 Å². The second-order valence-corrected chi connectivity index (χ2v) is 18.7. The average Bonchev–Trinajstić information content (AvgIpc) is 3.30. The van der Waals surface area contributed by atoms with Gasteiger partial charge in [-0.3, -0.25) is 9.59 Å². The Bertz CT molecular complexity index is 1150. The largest absolute Gasteiger partial charge is 0.462 e. The van der Waals surface area contributed by atoms with E-state index in [1.165, 1.54) is 135 Å². The number of ether oxygens (including phenoxy) is 6. The summed E-state index contributed by atoms with van der Waals surface area (Å²) in [6.07, 6.45) is 18.7. The fourth-order valence-electron chi connectivity index (χ4n) is 8.51. The van der Waals surface area contributed by atoms with Crippen LogP contribution < -0.4 is 0 Å². The molecule has 0 saturated carbocycles. The molecular formula is C50H94O15. The molecule has 7 N–H and O–H groups in total. The van der Waals surface area contributed by atoms with Gasteiger partial charge in [0.15, 0.2) is 18.7 Å². The Labute approximate surface area is 391 Å². The predicted octanol–water partition coefficient (Wildman–Crippen LogP) is 7.22. The highest BCUT2D eigenvalue weighted by molar-refractivity contribution is 5.70. The second kappa shape index (κ2) is 38.4. The predicted molar refractivity (Wildman–Crippen MR) is 248 cm³/mol. The molecule has 0 aromatic heterocycles. The fourth-order valence-corrected chi connectivity index (χ4v) is 8.51. The Morgan fingerprint density at radius 3 is 1.20 bits per heavy atom. The summed E-state index contributed by atoms with van der Waals surface area (Å²) in [7, 11) is 0. The van der Waals surface area contributed by atoms with Gasteiger partial charge in [0.25, 0.3) is 0 Å². The van der Waals surface area contributed by atoms with E-state index in [4.69, 9.17) is 28.4 Å². The quantitative estimate of drug-likeness (QED) is 0.0237. The van der Waals surface area contributed by atoms with Crippen LogP contribution in [0.1, 0.15) is 213 Å². The van der Waals surface area contributed by atoms with Crippen LogP contribution in [0.3, 0.4) is 0 Å². The lowest BCUT2D eigenvalue weighted by atomic mass is 9.98. The summed E-state index contributed by atoms with van der Waals surface area (Å²) >= 11 is 0. The van der Waals surface area contributed by atoms with Crippen LogP contribution in [0.25, 0.3) is 0 Å². The number of carbonyl (C=O) groups is 2. The molecular weight excluding hydrogens is 841 g/mol. The van der Waals surface area contributed by atoms with Crippen molar-refractivity contribution in [3.63, 3.8) is 0 Å². The van der Waals surface area contributed by atoms with Crippen molar-refractivity contribution in [2.45, 2.75) is 280 Å². The van der Waals surface area contributed by atoms with E-state index >= 15 is 0 Å². The van der Waals surface area contributed by atoms with Crippen LogP contribution in [0.2, 0.25) is 0 Å². The molecule has 2 rings (SSSR count). The summed E-state index contributed by atoms with van der Waals surface area (Å²) in [5.74, 6) is -0.916. The summed E-state index contributed by atoms with van der Waals surface area (Å²) in [6, 6.07) is 0. The standard InChI is InChI=1S/C50H94O15/c1-3-5-7-9-11-13-14-15-16-17-18-19-20-21-22-23-24-25-27-29-31-33-42(53)63-38(35-60-41(52)32-30-28-26-12-10-8-6-4-2)36-61-49-48(59)46(57)44(55)40(65-49)37-62-50-47(58)45(56)43(54)39(34-51)64-50/h38-40,43-51,54-59H,3-37H2,1-2H3/t38-,39+,40+,43-,44-,45?,46?,47?,48?,49+,50+/m1/s1. The molecule has 15 heteroatoms. The van der Waals surface area contributed by atoms with Gasteiger partial charge in [-0.2, -0.15) is 0 Å². The molecule has 2 fully saturated rings. The van der Waals surface area contributed by atoms with E-state index in [0.29, 0.717) is 12.8 Å². The van der Waals surface area contributed by atoms with Gasteiger partial charge in [-0.1, -0.05) is 187 Å². The number of aliphatic hydroxyl groups excluding tert-OH is 7. The first-order chi connectivity index (χ1) is 31.5. The molecule has 4 unspecified atom stereocenters. The molecule has 65 heavy (non-hydrogen) atoms. The first-order valence-corrected chi connectivity index (χ1v) is 26.1. The summed E-state index contributed by atoms with van der Waals surface area (Å²) in [5, 5.41) is 71.9. The fraction of sp³-hybridized carbons (Fsp3) is 0.960. The zero-order chi connectivity index (χ0) is 47.5. The van der Waals surface area contributed by atoms with Gasteiger partial charge in [-0.15, -0.1) is 0 Å². The Kier molecular flexibility index (Phi) is 35.2. The SMILES string of the molecule is CCCCCCCCCCCCCCCCCCCCCCCC(=O)O[C@H](COC(=O)CCCCCCCCCC)CO[C@H]1O[C@@H](CO[C@H]2O[C@@H](CO)[C@@H](O)C(O)C2O)[C@@H](O)C(O)C1O. The summed E-state index contributed by atoms with van der Waals surface area (Å²) < 4.78 is 33.5. The minimum absolute atomic E-state index is 0.173. The molecule has 0 aliphatic carbocycles. The Hall–Kier alpha value is -1.50. The number of esters is 2. The maximum atomic E-state index is 13.0. The third-order valence-electron chi connectivity index (χ3n) is 12.8. The molecule has 384 valence electrons. The molecule has 2 aliphatic heterocycles. The van der Waals surface area contributed by atoms with Gasteiger partial charge in [0, 0.05) is 12.8 Å². The first kappa shape index (κ1) is 59.6. The second-order valence-electron chi connectivity index (χ2n) is 18.7.